The minimum atomic E-state index is 0.465. The summed E-state index contributed by atoms with van der Waals surface area (Å²) in [7, 11) is 0. The zero-order valence-corrected chi connectivity index (χ0v) is 10.5. The molecule has 0 aliphatic heterocycles. The van der Waals surface area contributed by atoms with E-state index in [1.165, 1.54) is 25.7 Å². The predicted molar refractivity (Wildman–Crippen MR) is 66.4 cm³/mol. The quantitative estimate of drug-likeness (QED) is 0.830. The predicted octanol–water partition coefficient (Wildman–Crippen LogP) is 3.17. The summed E-state index contributed by atoms with van der Waals surface area (Å²) in [6.07, 6.45) is 8.72. The zero-order valence-electron chi connectivity index (χ0n) is 10.5. The van der Waals surface area contributed by atoms with Crippen molar-refractivity contribution in [2.24, 2.45) is 5.41 Å². The number of hydrogen-bond acceptors (Lipinski definition) is 3. The molecule has 1 aliphatic rings. The molecule has 0 saturated heterocycles. The maximum atomic E-state index is 4.44. The molecule has 1 fully saturated rings. The van der Waals surface area contributed by atoms with E-state index < -0.39 is 0 Å². The topological polar surface area (TPSA) is 37.8 Å². The number of hydrogen-bond donors (Lipinski definition) is 1. The minimum absolute atomic E-state index is 0.465. The van der Waals surface area contributed by atoms with Gasteiger partial charge >= 0.3 is 0 Å². The molecular formula is C13H21N3. The van der Waals surface area contributed by atoms with Crippen LogP contribution < -0.4 is 5.32 Å². The van der Waals surface area contributed by atoms with Gasteiger partial charge in [0.25, 0.3) is 0 Å². The maximum absolute atomic E-state index is 4.44. The van der Waals surface area contributed by atoms with Crippen LogP contribution in [-0.2, 0) is 0 Å². The number of rotatable bonds is 2. The molecule has 88 valence electrons. The Morgan fingerprint density at radius 3 is 2.88 bits per heavy atom. The van der Waals surface area contributed by atoms with Gasteiger partial charge in [-0.2, -0.15) is 0 Å². The molecule has 2 rings (SSSR count). The van der Waals surface area contributed by atoms with E-state index in [2.05, 4.69) is 29.1 Å². The molecule has 1 heterocycles. The van der Waals surface area contributed by atoms with Crippen LogP contribution >= 0.6 is 0 Å². The van der Waals surface area contributed by atoms with Crippen molar-refractivity contribution in [2.75, 3.05) is 5.32 Å². The molecule has 0 bridgehead atoms. The molecule has 1 aromatic rings. The Labute approximate surface area is 97.7 Å². The van der Waals surface area contributed by atoms with Crippen LogP contribution in [0.1, 0.15) is 45.2 Å². The normalized spacial score (nSPS) is 24.1. The lowest BCUT2D eigenvalue weighted by atomic mass is 9.75. The van der Waals surface area contributed by atoms with Gasteiger partial charge < -0.3 is 5.32 Å². The molecule has 1 atom stereocenters. The molecule has 0 amide bonds. The summed E-state index contributed by atoms with van der Waals surface area (Å²) in [5.41, 5.74) is 1.44. The third-order valence-corrected chi connectivity index (χ3v) is 3.31. The molecule has 1 N–H and O–H groups in total. The number of anilines is 1. The fraction of sp³-hybridized carbons (Fsp3) is 0.692. The van der Waals surface area contributed by atoms with Crippen LogP contribution in [0.15, 0.2) is 12.4 Å². The second-order valence-electron chi connectivity index (χ2n) is 5.65. The Balaban J connectivity index is 1.99. The SMILES string of the molecule is Cc1cncc(NC2CCCC(C)(C)C2)n1. The van der Waals surface area contributed by atoms with E-state index >= 15 is 0 Å². The summed E-state index contributed by atoms with van der Waals surface area (Å²) in [6, 6.07) is 0.555. The van der Waals surface area contributed by atoms with Gasteiger partial charge in [0.15, 0.2) is 0 Å². The van der Waals surface area contributed by atoms with Crippen molar-refractivity contribution in [1.29, 1.82) is 0 Å². The second-order valence-corrected chi connectivity index (χ2v) is 5.65. The fourth-order valence-electron chi connectivity index (χ4n) is 2.56. The summed E-state index contributed by atoms with van der Waals surface area (Å²) < 4.78 is 0. The highest BCUT2D eigenvalue weighted by Crippen LogP contribution is 2.36. The van der Waals surface area contributed by atoms with Gasteiger partial charge in [-0.3, -0.25) is 4.98 Å². The Bertz CT molecular complexity index is 360. The molecule has 1 aromatic heterocycles. The fourth-order valence-corrected chi connectivity index (χ4v) is 2.56. The van der Waals surface area contributed by atoms with Crippen LogP contribution in [0.4, 0.5) is 5.82 Å². The van der Waals surface area contributed by atoms with Crippen molar-refractivity contribution in [3.8, 4) is 0 Å². The average Bonchev–Trinajstić information content (AvgIpc) is 2.15. The van der Waals surface area contributed by atoms with E-state index in [0.717, 1.165) is 11.5 Å². The summed E-state index contributed by atoms with van der Waals surface area (Å²) >= 11 is 0. The minimum Gasteiger partial charge on any atom is -0.366 e. The van der Waals surface area contributed by atoms with Crippen LogP contribution in [0.2, 0.25) is 0 Å². The molecule has 1 saturated carbocycles. The average molecular weight is 219 g/mol. The first kappa shape index (κ1) is 11.4. The van der Waals surface area contributed by atoms with Gasteiger partial charge in [-0.15, -0.1) is 0 Å². The van der Waals surface area contributed by atoms with Gasteiger partial charge in [-0.25, -0.2) is 4.98 Å². The lowest BCUT2D eigenvalue weighted by Crippen LogP contribution is -2.32. The largest absolute Gasteiger partial charge is 0.366 e. The van der Waals surface area contributed by atoms with Crippen LogP contribution in [0.5, 0.6) is 0 Å². The molecule has 1 aliphatic carbocycles. The summed E-state index contributed by atoms with van der Waals surface area (Å²) in [4.78, 5) is 8.60. The molecule has 0 radical (unpaired) electrons. The first-order valence-corrected chi connectivity index (χ1v) is 6.10. The highest BCUT2D eigenvalue weighted by molar-refractivity contribution is 5.33. The standard InChI is InChI=1S/C13H21N3/c1-10-8-14-9-12(15-10)16-11-5-4-6-13(2,3)7-11/h8-9,11H,4-7H2,1-3H3,(H,15,16). The van der Waals surface area contributed by atoms with Crippen LogP contribution in [0.3, 0.4) is 0 Å². The molecule has 16 heavy (non-hydrogen) atoms. The van der Waals surface area contributed by atoms with Crippen molar-refractivity contribution in [2.45, 2.75) is 52.5 Å². The highest BCUT2D eigenvalue weighted by Gasteiger charge is 2.27. The summed E-state index contributed by atoms with van der Waals surface area (Å²) in [5.74, 6) is 0.919. The van der Waals surface area contributed by atoms with E-state index in [4.69, 9.17) is 0 Å². The number of aromatic nitrogens is 2. The van der Waals surface area contributed by atoms with Gasteiger partial charge in [0.2, 0.25) is 0 Å². The van der Waals surface area contributed by atoms with E-state index in [1.54, 1.807) is 6.20 Å². The van der Waals surface area contributed by atoms with Crippen molar-refractivity contribution in [3.05, 3.63) is 18.1 Å². The van der Waals surface area contributed by atoms with E-state index in [9.17, 15) is 0 Å². The Hall–Kier alpha value is -1.12. The molecule has 0 aromatic carbocycles. The number of aryl methyl sites for hydroxylation is 1. The van der Waals surface area contributed by atoms with Crippen molar-refractivity contribution in [1.82, 2.24) is 9.97 Å². The van der Waals surface area contributed by atoms with Gasteiger partial charge in [-0.1, -0.05) is 20.3 Å². The lowest BCUT2D eigenvalue weighted by molar-refractivity contribution is 0.229. The first-order chi connectivity index (χ1) is 7.55. The molecule has 1 unspecified atom stereocenters. The van der Waals surface area contributed by atoms with Crippen molar-refractivity contribution in [3.63, 3.8) is 0 Å². The van der Waals surface area contributed by atoms with E-state index in [1.807, 2.05) is 13.1 Å². The lowest BCUT2D eigenvalue weighted by Gasteiger charge is -2.35. The Kier molecular flexibility index (Phi) is 3.13. The Morgan fingerprint density at radius 2 is 2.19 bits per heavy atom. The van der Waals surface area contributed by atoms with Gasteiger partial charge in [0, 0.05) is 12.2 Å². The number of nitrogens with zero attached hydrogens (tertiary/aromatic N) is 2. The molecule has 3 nitrogen and oxygen atoms in total. The second kappa shape index (κ2) is 4.40. The van der Waals surface area contributed by atoms with Crippen molar-refractivity contribution >= 4 is 5.82 Å². The van der Waals surface area contributed by atoms with E-state index in [-0.39, 0.29) is 0 Å². The van der Waals surface area contributed by atoms with Gasteiger partial charge in [0.05, 0.1) is 11.9 Å². The highest BCUT2D eigenvalue weighted by atomic mass is 15.0. The third-order valence-electron chi connectivity index (χ3n) is 3.31. The maximum Gasteiger partial charge on any atom is 0.145 e. The first-order valence-electron chi connectivity index (χ1n) is 6.10. The van der Waals surface area contributed by atoms with Crippen LogP contribution in [0, 0.1) is 12.3 Å². The molecule has 3 heteroatoms. The van der Waals surface area contributed by atoms with E-state index in [0.29, 0.717) is 11.5 Å². The smallest absolute Gasteiger partial charge is 0.145 e. The zero-order chi connectivity index (χ0) is 11.6. The Morgan fingerprint density at radius 1 is 1.38 bits per heavy atom. The van der Waals surface area contributed by atoms with Gasteiger partial charge in [-0.05, 0) is 31.6 Å². The summed E-state index contributed by atoms with van der Waals surface area (Å²) in [5, 5.41) is 3.50. The number of nitrogens with one attached hydrogen (secondary N) is 1. The third kappa shape index (κ3) is 2.94. The monoisotopic (exact) mass is 219 g/mol. The van der Waals surface area contributed by atoms with Crippen LogP contribution in [-0.4, -0.2) is 16.0 Å². The van der Waals surface area contributed by atoms with Gasteiger partial charge in [0.1, 0.15) is 5.82 Å². The molecule has 0 spiro atoms. The summed E-state index contributed by atoms with van der Waals surface area (Å²) in [6.45, 7) is 6.68. The van der Waals surface area contributed by atoms with Crippen molar-refractivity contribution < 1.29 is 0 Å². The van der Waals surface area contributed by atoms with Crippen LogP contribution in [0.25, 0.3) is 0 Å². The molecular weight excluding hydrogens is 198 g/mol.